The van der Waals surface area contributed by atoms with E-state index in [0.717, 1.165) is 6.54 Å². The van der Waals surface area contributed by atoms with Crippen LogP contribution in [0.2, 0.25) is 0 Å². The predicted octanol–water partition coefficient (Wildman–Crippen LogP) is 7.26. The number of aliphatic hydroxyl groups excluding tert-OH is 2. The minimum absolute atomic E-state index is 0.190. The molecule has 3 nitrogen and oxygen atoms in total. The number of hydrogen-bond acceptors (Lipinski definition) is 3. The molecule has 0 saturated heterocycles. The summed E-state index contributed by atoms with van der Waals surface area (Å²) in [6.45, 7) is 5.05. The monoisotopic (exact) mass is 425 g/mol. The highest BCUT2D eigenvalue weighted by Crippen LogP contribution is 2.13. The molecule has 0 fully saturated rings. The third-order valence-corrected chi connectivity index (χ3v) is 6.07. The molecule has 0 radical (unpaired) electrons. The summed E-state index contributed by atoms with van der Waals surface area (Å²) < 4.78 is 0. The topological polar surface area (TPSA) is 43.7 Å². The first-order chi connectivity index (χ1) is 14.8. The van der Waals surface area contributed by atoms with E-state index in [0.29, 0.717) is 13.1 Å². The predicted molar refractivity (Wildman–Crippen MR) is 133 cm³/mol. The highest BCUT2D eigenvalue weighted by molar-refractivity contribution is 4.81. The fraction of sp³-hybridized carbons (Fsp3) is 0.926. The smallest absolute Gasteiger partial charge is 0.0558 e. The molecule has 0 aliphatic carbocycles. The zero-order valence-electron chi connectivity index (χ0n) is 20.5. The van der Waals surface area contributed by atoms with Gasteiger partial charge in [-0.15, -0.1) is 0 Å². The van der Waals surface area contributed by atoms with E-state index in [9.17, 15) is 0 Å². The SMILES string of the molecule is CCCCCCCC/C=C\CCCCCCCCCCCCCN(CCO)CCO. The molecule has 180 valence electrons. The van der Waals surface area contributed by atoms with Gasteiger partial charge in [-0.2, -0.15) is 0 Å². The van der Waals surface area contributed by atoms with Gasteiger partial charge < -0.3 is 10.2 Å². The summed E-state index contributed by atoms with van der Waals surface area (Å²) in [5.41, 5.74) is 0. The van der Waals surface area contributed by atoms with Crippen molar-refractivity contribution in [1.82, 2.24) is 4.90 Å². The van der Waals surface area contributed by atoms with Crippen LogP contribution < -0.4 is 0 Å². The van der Waals surface area contributed by atoms with Crippen molar-refractivity contribution >= 4 is 0 Å². The molecule has 30 heavy (non-hydrogen) atoms. The number of nitrogens with zero attached hydrogens (tertiary/aromatic N) is 1. The fourth-order valence-electron chi connectivity index (χ4n) is 4.09. The molecule has 0 unspecified atom stereocenters. The number of allylic oxidation sites excluding steroid dienone is 2. The maximum absolute atomic E-state index is 9.01. The van der Waals surface area contributed by atoms with Crippen LogP contribution in [0.15, 0.2) is 12.2 Å². The normalized spacial score (nSPS) is 11.9. The molecule has 0 atom stereocenters. The molecular formula is C27H55NO2. The first-order valence-electron chi connectivity index (χ1n) is 13.4. The Morgan fingerprint density at radius 1 is 0.467 bits per heavy atom. The molecule has 0 rings (SSSR count). The van der Waals surface area contributed by atoms with Crippen molar-refractivity contribution in [2.45, 2.75) is 129 Å². The van der Waals surface area contributed by atoms with Crippen molar-refractivity contribution in [3.8, 4) is 0 Å². The molecule has 0 aliphatic rings. The second-order valence-electron chi connectivity index (χ2n) is 8.99. The third kappa shape index (κ3) is 23.9. The third-order valence-electron chi connectivity index (χ3n) is 6.07. The van der Waals surface area contributed by atoms with E-state index in [-0.39, 0.29) is 13.2 Å². The first kappa shape index (κ1) is 29.6. The lowest BCUT2D eigenvalue weighted by Crippen LogP contribution is -2.30. The zero-order valence-corrected chi connectivity index (χ0v) is 20.5. The highest BCUT2D eigenvalue weighted by atomic mass is 16.3. The van der Waals surface area contributed by atoms with E-state index in [1.54, 1.807) is 0 Å². The zero-order chi connectivity index (χ0) is 22.0. The van der Waals surface area contributed by atoms with Gasteiger partial charge in [0.2, 0.25) is 0 Å². The Hall–Kier alpha value is -0.380. The van der Waals surface area contributed by atoms with E-state index in [1.807, 2.05) is 0 Å². The van der Waals surface area contributed by atoms with Gasteiger partial charge in [0.05, 0.1) is 13.2 Å². The van der Waals surface area contributed by atoms with E-state index in [2.05, 4.69) is 24.0 Å². The molecule has 3 heteroatoms. The first-order valence-corrected chi connectivity index (χ1v) is 13.4. The molecule has 0 saturated carbocycles. The number of unbranched alkanes of at least 4 members (excludes halogenated alkanes) is 17. The van der Waals surface area contributed by atoms with Crippen molar-refractivity contribution < 1.29 is 10.2 Å². The van der Waals surface area contributed by atoms with Crippen molar-refractivity contribution in [2.24, 2.45) is 0 Å². The van der Waals surface area contributed by atoms with Crippen LogP contribution in [0.5, 0.6) is 0 Å². The minimum atomic E-state index is 0.190. The van der Waals surface area contributed by atoms with Crippen LogP contribution in [0, 0.1) is 0 Å². The van der Waals surface area contributed by atoms with Gasteiger partial charge in [0.15, 0.2) is 0 Å². The summed E-state index contributed by atoms with van der Waals surface area (Å²) in [6.07, 6.45) is 30.8. The Labute approximate surface area is 189 Å². The van der Waals surface area contributed by atoms with Crippen LogP contribution in [0.1, 0.15) is 129 Å². The number of rotatable bonds is 25. The molecule has 0 aromatic carbocycles. The van der Waals surface area contributed by atoms with Gasteiger partial charge in [0.25, 0.3) is 0 Å². The Kier molecular flexibility index (Phi) is 26.3. The van der Waals surface area contributed by atoms with E-state index in [1.165, 1.54) is 122 Å². The molecule has 0 heterocycles. The summed E-state index contributed by atoms with van der Waals surface area (Å²) in [5.74, 6) is 0. The van der Waals surface area contributed by atoms with Crippen molar-refractivity contribution in [3.05, 3.63) is 12.2 Å². The van der Waals surface area contributed by atoms with Gasteiger partial charge in [-0.25, -0.2) is 0 Å². The average Bonchev–Trinajstić information content (AvgIpc) is 2.75. The largest absolute Gasteiger partial charge is 0.395 e. The maximum Gasteiger partial charge on any atom is 0.0558 e. The van der Waals surface area contributed by atoms with Gasteiger partial charge in [0.1, 0.15) is 0 Å². The van der Waals surface area contributed by atoms with Gasteiger partial charge in [-0.05, 0) is 38.6 Å². The van der Waals surface area contributed by atoms with E-state index in [4.69, 9.17) is 10.2 Å². The lowest BCUT2D eigenvalue weighted by molar-refractivity contribution is 0.159. The summed E-state index contributed by atoms with van der Waals surface area (Å²) in [5, 5.41) is 18.0. The van der Waals surface area contributed by atoms with Gasteiger partial charge in [-0.3, -0.25) is 4.90 Å². The number of aliphatic hydroxyl groups is 2. The molecule has 0 spiro atoms. The van der Waals surface area contributed by atoms with Crippen molar-refractivity contribution in [1.29, 1.82) is 0 Å². The molecule has 2 N–H and O–H groups in total. The van der Waals surface area contributed by atoms with Crippen LogP contribution in [0.25, 0.3) is 0 Å². The molecular weight excluding hydrogens is 370 g/mol. The summed E-state index contributed by atoms with van der Waals surface area (Å²) >= 11 is 0. The van der Waals surface area contributed by atoms with Gasteiger partial charge in [0, 0.05) is 13.1 Å². The van der Waals surface area contributed by atoms with Gasteiger partial charge in [-0.1, -0.05) is 109 Å². The second kappa shape index (κ2) is 26.7. The molecule has 0 amide bonds. The quantitative estimate of drug-likeness (QED) is 0.119. The lowest BCUT2D eigenvalue weighted by Gasteiger charge is -2.19. The minimum Gasteiger partial charge on any atom is -0.395 e. The highest BCUT2D eigenvalue weighted by Gasteiger charge is 2.02. The standard InChI is InChI=1S/C27H55NO2/c1-2-3-4-5-6-7-8-9-10-11-12-13-14-15-16-17-18-19-20-21-22-23-28(24-26-29)25-27-30/h9-10,29-30H,2-8,11-27H2,1H3/b10-9-. The van der Waals surface area contributed by atoms with E-state index < -0.39 is 0 Å². The fourth-order valence-corrected chi connectivity index (χ4v) is 4.09. The Morgan fingerprint density at radius 3 is 1.23 bits per heavy atom. The summed E-state index contributed by atoms with van der Waals surface area (Å²) in [6, 6.07) is 0. The summed E-state index contributed by atoms with van der Waals surface area (Å²) in [4.78, 5) is 2.16. The lowest BCUT2D eigenvalue weighted by atomic mass is 10.0. The maximum atomic E-state index is 9.01. The Morgan fingerprint density at radius 2 is 0.833 bits per heavy atom. The van der Waals surface area contributed by atoms with Crippen LogP contribution in [0.4, 0.5) is 0 Å². The molecule has 0 bridgehead atoms. The second-order valence-corrected chi connectivity index (χ2v) is 8.99. The average molecular weight is 426 g/mol. The summed E-state index contributed by atoms with van der Waals surface area (Å²) in [7, 11) is 0. The number of hydrogen-bond donors (Lipinski definition) is 2. The van der Waals surface area contributed by atoms with Crippen LogP contribution in [-0.2, 0) is 0 Å². The Balaban J connectivity index is 3.18. The van der Waals surface area contributed by atoms with Crippen LogP contribution in [-0.4, -0.2) is 48.0 Å². The molecule has 0 aromatic rings. The molecule has 0 aromatic heterocycles. The van der Waals surface area contributed by atoms with Crippen LogP contribution >= 0.6 is 0 Å². The molecule has 0 aliphatic heterocycles. The Bertz CT molecular complexity index is 327. The van der Waals surface area contributed by atoms with Crippen molar-refractivity contribution in [2.75, 3.05) is 32.8 Å². The van der Waals surface area contributed by atoms with Gasteiger partial charge >= 0.3 is 0 Å². The van der Waals surface area contributed by atoms with Crippen LogP contribution in [0.3, 0.4) is 0 Å². The van der Waals surface area contributed by atoms with E-state index >= 15 is 0 Å². The van der Waals surface area contributed by atoms with Crippen molar-refractivity contribution in [3.63, 3.8) is 0 Å².